The zero-order chi connectivity index (χ0) is 12.7. The normalized spacial score (nSPS) is 9.94. The second-order valence-electron chi connectivity index (χ2n) is 3.34. The van der Waals surface area contributed by atoms with Gasteiger partial charge in [-0.3, -0.25) is 4.79 Å². The number of aromatic nitrogens is 1. The van der Waals surface area contributed by atoms with Crippen LogP contribution in [0.3, 0.4) is 0 Å². The van der Waals surface area contributed by atoms with Gasteiger partial charge in [-0.2, -0.15) is 0 Å². The van der Waals surface area contributed by atoms with Crippen LogP contribution in [0.1, 0.15) is 23.7 Å². The van der Waals surface area contributed by atoms with Crippen molar-refractivity contribution in [2.24, 2.45) is 0 Å². The molecule has 2 N–H and O–H groups in total. The van der Waals surface area contributed by atoms with Crippen LogP contribution in [0.4, 0.5) is 5.82 Å². The van der Waals surface area contributed by atoms with E-state index in [0.29, 0.717) is 6.61 Å². The molecule has 1 amide bonds. The minimum Gasteiger partial charge on any atom is -0.478 e. The van der Waals surface area contributed by atoms with Crippen LogP contribution >= 0.6 is 0 Å². The SMILES string of the molecule is CCCOCC(=O)Nc1cc(C(=O)O)ccn1. The Hall–Kier alpha value is -1.95. The highest BCUT2D eigenvalue weighted by Gasteiger charge is 2.07. The largest absolute Gasteiger partial charge is 0.478 e. The molecule has 0 aromatic carbocycles. The number of pyridine rings is 1. The van der Waals surface area contributed by atoms with Crippen LogP contribution in [0.15, 0.2) is 18.3 Å². The lowest BCUT2D eigenvalue weighted by atomic mass is 10.2. The highest BCUT2D eigenvalue weighted by molar-refractivity contribution is 5.93. The maximum atomic E-state index is 11.3. The van der Waals surface area contributed by atoms with Gasteiger partial charge in [-0.1, -0.05) is 6.92 Å². The number of amides is 1. The van der Waals surface area contributed by atoms with Crippen LogP contribution in [0.25, 0.3) is 0 Å². The van der Waals surface area contributed by atoms with Gasteiger partial charge in [0.2, 0.25) is 0 Å². The lowest BCUT2D eigenvalue weighted by Crippen LogP contribution is -2.19. The van der Waals surface area contributed by atoms with E-state index in [-0.39, 0.29) is 23.9 Å². The van der Waals surface area contributed by atoms with Gasteiger partial charge in [0.15, 0.2) is 0 Å². The summed E-state index contributed by atoms with van der Waals surface area (Å²) in [5.74, 6) is -1.21. The quantitative estimate of drug-likeness (QED) is 0.725. The van der Waals surface area contributed by atoms with E-state index in [1.807, 2.05) is 6.92 Å². The summed E-state index contributed by atoms with van der Waals surface area (Å²) < 4.78 is 5.04. The number of hydrogen-bond acceptors (Lipinski definition) is 4. The summed E-state index contributed by atoms with van der Waals surface area (Å²) in [6.07, 6.45) is 2.16. The Labute approximate surface area is 98.6 Å². The lowest BCUT2D eigenvalue weighted by molar-refractivity contribution is -0.120. The fourth-order valence-electron chi connectivity index (χ4n) is 1.12. The molecular formula is C11H14N2O4. The van der Waals surface area contributed by atoms with Gasteiger partial charge < -0.3 is 15.2 Å². The second kappa shape index (κ2) is 6.59. The topological polar surface area (TPSA) is 88.5 Å². The molecule has 6 nitrogen and oxygen atoms in total. The van der Waals surface area contributed by atoms with Gasteiger partial charge in [0.05, 0.1) is 5.56 Å². The number of nitrogens with one attached hydrogen (secondary N) is 1. The molecule has 92 valence electrons. The number of aromatic carboxylic acids is 1. The van der Waals surface area contributed by atoms with E-state index in [1.54, 1.807) is 0 Å². The maximum Gasteiger partial charge on any atom is 0.335 e. The Balaban J connectivity index is 2.53. The summed E-state index contributed by atoms with van der Waals surface area (Å²) in [4.78, 5) is 25.9. The minimum atomic E-state index is -1.06. The monoisotopic (exact) mass is 238 g/mol. The van der Waals surface area contributed by atoms with Crippen molar-refractivity contribution < 1.29 is 19.4 Å². The highest BCUT2D eigenvalue weighted by Crippen LogP contribution is 2.06. The molecular weight excluding hydrogens is 224 g/mol. The zero-order valence-electron chi connectivity index (χ0n) is 9.47. The molecule has 0 spiro atoms. The Kier molecular flexibility index (Phi) is 5.09. The van der Waals surface area contributed by atoms with Crippen molar-refractivity contribution in [2.75, 3.05) is 18.5 Å². The summed E-state index contributed by atoms with van der Waals surface area (Å²) in [7, 11) is 0. The van der Waals surface area contributed by atoms with Crippen LogP contribution in [0.2, 0.25) is 0 Å². The van der Waals surface area contributed by atoms with Gasteiger partial charge in [-0.15, -0.1) is 0 Å². The average Bonchev–Trinajstić information content (AvgIpc) is 2.29. The Morgan fingerprint density at radius 1 is 1.53 bits per heavy atom. The fraction of sp³-hybridized carbons (Fsp3) is 0.364. The third-order valence-corrected chi connectivity index (χ3v) is 1.86. The third kappa shape index (κ3) is 4.60. The van der Waals surface area contributed by atoms with Crippen LogP contribution < -0.4 is 5.32 Å². The van der Waals surface area contributed by atoms with Crippen molar-refractivity contribution >= 4 is 17.7 Å². The molecule has 1 rings (SSSR count). The highest BCUT2D eigenvalue weighted by atomic mass is 16.5. The summed E-state index contributed by atoms with van der Waals surface area (Å²) >= 11 is 0. The van der Waals surface area contributed by atoms with E-state index in [4.69, 9.17) is 9.84 Å². The Morgan fingerprint density at radius 2 is 2.29 bits per heavy atom. The molecule has 0 saturated carbocycles. The zero-order valence-corrected chi connectivity index (χ0v) is 9.47. The molecule has 0 aliphatic rings. The van der Waals surface area contributed by atoms with Crippen LogP contribution in [0, 0.1) is 0 Å². The van der Waals surface area contributed by atoms with E-state index in [0.717, 1.165) is 6.42 Å². The van der Waals surface area contributed by atoms with Crippen molar-refractivity contribution in [1.29, 1.82) is 0 Å². The van der Waals surface area contributed by atoms with Gasteiger partial charge in [0, 0.05) is 12.8 Å². The molecule has 0 bridgehead atoms. The number of rotatable bonds is 6. The molecule has 0 fully saturated rings. The number of carboxylic acid groups (broad SMARTS) is 1. The first kappa shape index (κ1) is 13.1. The molecule has 1 aromatic rings. The van der Waals surface area contributed by atoms with E-state index in [9.17, 15) is 9.59 Å². The number of carbonyl (C=O) groups is 2. The predicted molar refractivity (Wildman–Crippen MR) is 60.9 cm³/mol. The fourth-order valence-corrected chi connectivity index (χ4v) is 1.12. The lowest BCUT2D eigenvalue weighted by Gasteiger charge is -2.05. The number of anilines is 1. The van der Waals surface area contributed by atoms with Gasteiger partial charge in [-0.25, -0.2) is 9.78 Å². The Bertz CT molecular complexity index is 406. The number of hydrogen-bond donors (Lipinski definition) is 2. The molecule has 0 aliphatic carbocycles. The maximum absolute atomic E-state index is 11.3. The molecule has 0 atom stereocenters. The van der Waals surface area contributed by atoms with Crippen LogP contribution in [-0.2, 0) is 9.53 Å². The first-order valence-corrected chi connectivity index (χ1v) is 5.20. The molecule has 0 saturated heterocycles. The standard InChI is InChI=1S/C11H14N2O4/c1-2-5-17-7-10(14)13-9-6-8(11(15)16)3-4-12-9/h3-4,6H,2,5,7H2,1H3,(H,15,16)(H,12,13,14). The molecule has 1 heterocycles. The molecule has 0 aliphatic heterocycles. The van der Waals surface area contributed by atoms with Crippen molar-refractivity contribution in [3.63, 3.8) is 0 Å². The van der Waals surface area contributed by atoms with Crippen molar-refractivity contribution in [1.82, 2.24) is 4.98 Å². The molecule has 6 heteroatoms. The van der Waals surface area contributed by atoms with Gasteiger partial charge in [-0.05, 0) is 18.6 Å². The first-order valence-electron chi connectivity index (χ1n) is 5.20. The van der Waals surface area contributed by atoms with Gasteiger partial charge in [0.1, 0.15) is 12.4 Å². The summed E-state index contributed by atoms with van der Waals surface area (Å²) in [6.45, 7) is 2.39. The second-order valence-corrected chi connectivity index (χ2v) is 3.34. The summed E-state index contributed by atoms with van der Waals surface area (Å²) in [6, 6.07) is 2.64. The third-order valence-electron chi connectivity index (χ3n) is 1.86. The number of nitrogens with zero attached hydrogens (tertiary/aromatic N) is 1. The molecule has 0 radical (unpaired) electrons. The molecule has 0 unspecified atom stereocenters. The Morgan fingerprint density at radius 3 is 2.94 bits per heavy atom. The van der Waals surface area contributed by atoms with E-state index in [1.165, 1.54) is 18.3 Å². The number of ether oxygens (including phenoxy) is 1. The summed E-state index contributed by atoms with van der Waals surface area (Å²) in [5, 5.41) is 11.2. The first-order chi connectivity index (χ1) is 8.13. The smallest absolute Gasteiger partial charge is 0.335 e. The van der Waals surface area contributed by atoms with E-state index >= 15 is 0 Å². The predicted octanol–water partition coefficient (Wildman–Crippen LogP) is 1.14. The van der Waals surface area contributed by atoms with Crippen molar-refractivity contribution in [3.05, 3.63) is 23.9 Å². The van der Waals surface area contributed by atoms with E-state index in [2.05, 4.69) is 10.3 Å². The van der Waals surface area contributed by atoms with Gasteiger partial charge in [0.25, 0.3) is 5.91 Å². The van der Waals surface area contributed by atoms with Crippen LogP contribution in [-0.4, -0.2) is 35.2 Å². The summed E-state index contributed by atoms with van der Waals surface area (Å²) in [5.41, 5.74) is 0.0739. The van der Waals surface area contributed by atoms with Crippen molar-refractivity contribution in [2.45, 2.75) is 13.3 Å². The number of carbonyl (C=O) groups excluding carboxylic acids is 1. The molecule has 1 aromatic heterocycles. The van der Waals surface area contributed by atoms with Gasteiger partial charge >= 0.3 is 5.97 Å². The van der Waals surface area contributed by atoms with Crippen LogP contribution in [0.5, 0.6) is 0 Å². The molecule has 17 heavy (non-hydrogen) atoms. The average molecular weight is 238 g/mol. The minimum absolute atomic E-state index is 0.0627. The van der Waals surface area contributed by atoms with Crippen molar-refractivity contribution in [3.8, 4) is 0 Å². The van der Waals surface area contributed by atoms with E-state index < -0.39 is 5.97 Å². The number of carboxylic acids is 1.